The van der Waals surface area contributed by atoms with E-state index in [2.05, 4.69) is 5.16 Å². The van der Waals surface area contributed by atoms with Crippen molar-refractivity contribution < 1.29 is 14.7 Å². The number of nitrogens with zero attached hydrogens (tertiary/aromatic N) is 1. The normalized spacial score (nSPS) is 18.4. The summed E-state index contributed by atoms with van der Waals surface area (Å²) in [5, 5.41) is 11.5. The minimum Gasteiger partial charge on any atom is -0.411 e. The van der Waals surface area contributed by atoms with Crippen molar-refractivity contribution in [1.29, 1.82) is 0 Å². The van der Waals surface area contributed by atoms with Crippen molar-refractivity contribution in [2.24, 2.45) is 5.16 Å². The molecule has 0 saturated carbocycles. The van der Waals surface area contributed by atoms with Gasteiger partial charge in [-0.1, -0.05) is 44.2 Å². The molecule has 100 valence electrons. The van der Waals surface area contributed by atoms with Gasteiger partial charge in [-0.2, -0.15) is 0 Å². The quantitative estimate of drug-likeness (QED) is 0.358. The highest BCUT2D eigenvalue weighted by Crippen LogP contribution is 2.61. The number of oxime groups is 1. The van der Waals surface area contributed by atoms with E-state index in [1.807, 2.05) is 37.3 Å². The molecule has 0 aromatic heterocycles. The average Bonchev–Trinajstić information content (AvgIpc) is 2.39. The van der Waals surface area contributed by atoms with Crippen LogP contribution in [0.25, 0.3) is 0 Å². The van der Waals surface area contributed by atoms with E-state index in [-0.39, 0.29) is 12.1 Å². The molecule has 0 aliphatic heterocycles. The minimum absolute atomic E-state index is 0.263. The third-order valence-electron chi connectivity index (χ3n) is 3.26. The summed E-state index contributed by atoms with van der Waals surface area (Å²) < 4.78 is 12.6. The van der Waals surface area contributed by atoms with E-state index in [4.69, 9.17) is 5.21 Å². The fraction of sp³-hybridized carbons (Fsp3) is 0.462. The van der Waals surface area contributed by atoms with E-state index in [9.17, 15) is 9.46 Å². The van der Waals surface area contributed by atoms with Crippen LogP contribution < -0.4 is 0 Å². The molecule has 3 unspecified atom stereocenters. The Balaban J connectivity index is 3.10. The van der Waals surface area contributed by atoms with Gasteiger partial charge in [0.15, 0.2) is 0 Å². The Morgan fingerprint density at radius 2 is 2.00 bits per heavy atom. The highest BCUT2D eigenvalue weighted by molar-refractivity contribution is 7.59. The monoisotopic (exact) mass is 269 g/mol. The van der Waals surface area contributed by atoms with Crippen molar-refractivity contribution in [1.82, 2.24) is 0 Å². The van der Waals surface area contributed by atoms with Crippen LogP contribution in [0.1, 0.15) is 37.9 Å². The van der Waals surface area contributed by atoms with Crippen LogP contribution in [0, 0.1) is 0 Å². The fourth-order valence-corrected chi connectivity index (χ4v) is 4.02. The Morgan fingerprint density at radius 1 is 1.39 bits per heavy atom. The summed E-state index contributed by atoms with van der Waals surface area (Å²) in [6.07, 6.45) is 2.19. The Kier molecular flexibility index (Phi) is 5.57. The van der Waals surface area contributed by atoms with Crippen LogP contribution >= 0.6 is 7.37 Å². The average molecular weight is 269 g/mol. The second-order valence-electron chi connectivity index (χ2n) is 4.39. The summed E-state index contributed by atoms with van der Waals surface area (Å²) in [4.78, 5) is 10.3. The van der Waals surface area contributed by atoms with Gasteiger partial charge in [0.1, 0.15) is 0 Å². The lowest BCUT2D eigenvalue weighted by Gasteiger charge is -2.26. The first kappa shape index (κ1) is 14.9. The van der Waals surface area contributed by atoms with Crippen LogP contribution in [0.15, 0.2) is 35.5 Å². The SMILES string of the molecule is CCC(C)P(=O)(O)C(CC=NO)c1ccccc1. The van der Waals surface area contributed by atoms with Crippen LogP contribution in [0.2, 0.25) is 0 Å². The smallest absolute Gasteiger partial charge is 0.210 e. The van der Waals surface area contributed by atoms with Gasteiger partial charge in [0.05, 0.1) is 5.66 Å². The van der Waals surface area contributed by atoms with Gasteiger partial charge in [-0.25, -0.2) is 0 Å². The topological polar surface area (TPSA) is 69.9 Å². The molecule has 0 amide bonds. The van der Waals surface area contributed by atoms with E-state index in [1.165, 1.54) is 6.21 Å². The van der Waals surface area contributed by atoms with Crippen molar-refractivity contribution in [3.8, 4) is 0 Å². The number of benzene rings is 1. The van der Waals surface area contributed by atoms with Crippen LogP contribution in [0.4, 0.5) is 0 Å². The molecular formula is C13H20NO3P. The molecule has 1 aromatic rings. The number of hydrogen-bond donors (Lipinski definition) is 2. The standard InChI is InChI=1S/C13H20NO3P/c1-3-11(2)18(16,17)13(9-10-14-15)12-7-5-4-6-8-12/h4-8,10-11,13,15H,3,9H2,1-2H3,(H,16,17). The Labute approximate surface area is 108 Å². The Morgan fingerprint density at radius 3 is 2.50 bits per heavy atom. The summed E-state index contributed by atoms with van der Waals surface area (Å²) in [6, 6.07) is 9.22. The molecule has 0 saturated heterocycles. The number of rotatable bonds is 6. The molecule has 0 fully saturated rings. The van der Waals surface area contributed by atoms with Crippen LogP contribution in [-0.4, -0.2) is 22.0 Å². The van der Waals surface area contributed by atoms with Gasteiger partial charge in [0.2, 0.25) is 7.37 Å². The van der Waals surface area contributed by atoms with E-state index in [1.54, 1.807) is 6.92 Å². The van der Waals surface area contributed by atoms with E-state index < -0.39 is 13.0 Å². The zero-order valence-electron chi connectivity index (χ0n) is 10.7. The zero-order valence-corrected chi connectivity index (χ0v) is 11.6. The van der Waals surface area contributed by atoms with E-state index in [0.717, 1.165) is 5.56 Å². The fourth-order valence-electron chi connectivity index (χ4n) is 1.89. The van der Waals surface area contributed by atoms with Crippen molar-refractivity contribution in [2.75, 3.05) is 0 Å². The Bertz CT molecular complexity index is 433. The molecule has 18 heavy (non-hydrogen) atoms. The van der Waals surface area contributed by atoms with Crippen molar-refractivity contribution >= 4 is 13.6 Å². The summed E-state index contributed by atoms with van der Waals surface area (Å²) in [7, 11) is -3.35. The molecule has 3 atom stereocenters. The van der Waals surface area contributed by atoms with Gasteiger partial charge < -0.3 is 10.1 Å². The third-order valence-corrected chi connectivity index (χ3v) is 6.29. The van der Waals surface area contributed by atoms with Gasteiger partial charge in [0.25, 0.3) is 0 Å². The molecule has 0 aliphatic carbocycles. The van der Waals surface area contributed by atoms with Gasteiger partial charge >= 0.3 is 0 Å². The van der Waals surface area contributed by atoms with Gasteiger partial charge in [0, 0.05) is 18.3 Å². The van der Waals surface area contributed by atoms with E-state index in [0.29, 0.717) is 6.42 Å². The molecule has 4 nitrogen and oxygen atoms in total. The van der Waals surface area contributed by atoms with Gasteiger partial charge in [-0.05, 0) is 12.0 Å². The summed E-state index contributed by atoms with van der Waals surface area (Å²) in [5.74, 6) is 0. The van der Waals surface area contributed by atoms with Gasteiger partial charge in [-0.3, -0.25) is 4.57 Å². The predicted molar refractivity (Wildman–Crippen MR) is 73.7 cm³/mol. The van der Waals surface area contributed by atoms with Gasteiger partial charge in [-0.15, -0.1) is 5.16 Å². The molecule has 2 N–H and O–H groups in total. The highest BCUT2D eigenvalue weighted by Gasteiger charge is 2.35. The van der Waals surface area contributed by atoms with Crippen LogP contribution in [-0.2, 0) is 4.57 Å². The largest absolute Gasteiger partial charge is 0.411 e. The first-order valence-electron chi connectivity index (χ1n) is 6.07. The lowest BCUT2D eigenvalue weighted by Crippen LogP contribution is -2.10. The van der Waals surface area contributed by atoms with Crippen LogP contribution in [0.3, 0.4) is 0 Å². The molecule has 0 aliphatic rings. The number of hydrogen-bond acceptors (Lipinski definition) is 3. The summed E-state index contributed by atoms with van der Waals surface area (Å²) in [5.41, 5.74) is 0.0304. The minimum atomic E-state index is -3.35. The molecule has 0 spiro atoms. The molecule has 0 radical (unpaired) electrons. The second-order valence-corrected chi connectivity index (χ2v) is 7.24. The van der Waals surface area contributed by atoms with Crippen LogP contribution in [0.5, 0.6) is 0 Å². The maximum atomic E-state index is 12.6. The third kappa shape index (κ3) is 3.44. The maximum Gasteiger partial charge on any atom is 0.210 e. The first-order chi connectivity index (χ1) is 8.54. The first-order valence-corrected chi connectivity index (χ1v) is 7.86. The molecule has 0 bridgehead atoms. The summed E-state index contributed by atoms with van der Waals surface area (Å²) in [6.45, 7) is 3.68. The lowest BCUT2D eigenvalue weighted by atomic mass is 10.1. The second kappa shape index (κ2) is 6.72. The Hall–Kier alpha value is -1.12. The molecule has 1 rings (SSSR count). The van der Waals surface area contributed by atoms with Crippen molar-refractivity contribution in [3.05, 3.63) is 35.9 Å². The predicted octanol–water partition coefficient (Wildman–Crippen LogP) is 3.65. The molecule has 1 aromatic carbocycles. The van der Waals surface area contributed by atoms with Crippen molar-refractivity contribution in [2.45, 2.75) is 38.0 Å². The molecular weight excluding hydrogens is 249 g/mol. The van der Waals surface area contributed by atoms with Crippen molar-refractivity contribution in [3.63, 3.8) is 0 Å². The lowest BCUT2D eigenvalue weighted by molar-refractivity contribution is 0.320. The van der Waals surface area contributed by atoms with E-state index >= 15 is 0 Å². The molecule has 5 heteroatoms. The summed E-state index contributed by atoms with van der Waals surface area (Å²) >= 11 is 0. The maximum absolute atomic E-state index is 12.6. The molecule has 0 heterocycles. The highest BCUT2D eigenvalue weighted by atomic mass is 31.2. The zero-order chi connectivity index (χ0) is 13.6.